The van der Waals surface area contributed by atoms with Crippen molar-refractivity contribution in [2.24, 2.45) is 0 Å². The van der Waals surface area contributed by atoms with Crippen LogP contribution in [0.5, 0.6) is 0 Å². The van der Waals surface area contributed by atoms with Gasteiger partial charge in [0.05, 0.1) is 29.7 Å². The van der Waals surface area contributed by atoms with Crippen LogP contribution >= 0.6 is 8.44 Å². The number of pyridine rings is 1. The van der Waals surface area contributed by atoms with Gasteiger partial charge in [0.1, 0.15) is 11.4 Å². The number of fused-ring (bicyclic) bond motifs is 1. The number of thiol groups is 1. The van der Waals surface area contributed by atoms with Crippen molar-refractivity contribution in [3.8, 4) is 0 Å². The van der Waals surface area contributed by atoms with Crippen molar-refractivity contribution < 1.29 is 31.0 Å². The maximum Gasteiger partial charge on any atom is 0.394 e. The van der Waals surface area contributed by atoms with E-state index < -0.39 is 45.4 Å². The standard InChI is InChI=1S/C18H19F5N5O2PS/c1-2-5-32(30,31)28-12-4-3-11(19)14(15(12)20)17(29)25-9-6-10-13(7-18(21,22)23)26-27-16(10)24-8-9/h3-4,6,8,32H,2,5,7,31H2,1H3,(H,25,29)(H,28,30)(H,24,26,27). The Morgan fingerprint density at radius 1 is 1.28 bits per heavy atom. The summed E-state index contributed by atoms with van der Waals surface area (Å²) in [6.45, 7) is 1.78. The average Bonchev–Trinajstić information content (AvgIpc) is 3.04. The van der Waals surface area contributed by atoms with Crippen molar-refractivity contribution in [3.05, 3.63) is 47.3 Å². The number of carbonyl (C=O) groups excluding carboxylic acids is 1. The van der Waals surface area contributed by atoms with E-state index in [9.17, 15) is 31.0 Å². The van der Waals surface area contributed by atoms with Gasteiger partial charge in [-0.1, -0.05) is 6.92 Å². The van der Waals surface area contributed by atoms with E-state index in [-0.39, 0.29) is 33.9 Å². The zero-order valence-corrected chi connectivity index (χ0v) is 18.6. The second kappa shape index (κ2) is 9.07. The normalized spacial score (nSPS) is 12.7. The van der Waals surface area contributed by atoms with Gasteiger partial charge in [-0.05, 0) is 42.8 Å². The molecule has 2 aromatic heterocycles. The number of aromatic nitrogens is 3. The van der Waals surface area contributed by atoms with Crippen molar-refractivity contribution in [1.82, 2.24) is 15.2 Å². The Labute approximate surface area is 182 Å². The maximum atomic E-state index is 14.9. The van der Waals surface area contributed by atoms with Crippen LogP contribution in [0.25, 0.3) is 11.0 Å². The molecule has 14 heteroatoms. The molecule has 0 radical (unpaired) electrons. The van der Waals surface area contributed by atoms with E-state index in [1.807, 2.05) is 0 Å². The molecule has 1 unspecified atom stereocenters. The van der Waals surface area contributed by atoms with Gasteiger partial charge in [-0.25, -0.2) is 13.8 Å². The summed E-state index contributed by atoms with van der Waals surface area (Å²) in [6.07, 6.45) is -4.19. The van der Waals surface area contributed by atoms with E-state index in [0.29, 0.717) is 6.42 Å². The summed E-state index contributed by atoms with van der Waals surface area (Å²) in [6, 6.07) is 3.03. The fourth-order valence-electron chi connectivity index (χ4n) is 2.98. The van der Waals surface area contributed by atoms with Gasteiger partial charge in [-0.15, -0.1) is 0 Å². The Hall–Kier alpha value is -2.66. The zero-order valence-electron chi connectivity index (χ0n) is 16.6. The smallest absolute Gasteiger partial charge is 0.322 e. The Balaban J connectivity index is 1.90. The highest BCUT2D eigenvalue weighted by Crippen LogP contribution is 2.28. The molecule has 0 aliphatic rings. The first-order chi connectivity index (χ1) is 14.9. The van der Waals surface area contributed by atoms with Crippen LogP contribution < -0.4 is 10.0 Å². The summed E-state index contributed by atoms with van der Waals surface area (Å²) in [5.41, 5.74) is -1.64. The molecule has 0 spiro atoms. The van der Waals surface area contributed by atoms with Gasteiger partial charge in [-0.2, -0.15) is 18.3 Å². The van der Waals surface area contributed by atoms with Crippen molar-refractivity contribution >= 4 is 46.5 Å². The number of carbonyl (C=O) groups is 1. The number of alkyl halides is 3. The fourth-order valence-corrected chi connectivity index (χ4v) is 5.53. The number of nitrogens with one attached hydrogen (secondary N) is 3. The fraction of sp³-hybridized carbons (Fsp3) is 0.278. The third kappa shape index (κ3) is 5.57. The molecule has 0 fully saturated rings. The summed E-state index contributed by atoms with van der Waals surface area (Å²) in [4.78, 5) is 16.4. The van der Waals surface area contributed by atoms with E-state index in [2.05, 4.69) is 33.7 Å². The summed E-state index contributed by atoms with van der Waals surface area (Å²) >= 11 is 0. The molecule has 174 valence electrons. The van der Waals surface area contributed by atoms with Gasteiger partial charge in [-0.3, -0.25) is 14.1 Å². The van der Waals surface area contributed by atoms with Gasteiger partial charge >= 0.3 is 6.18 Å². The molecule has 3 N–H and O–H groups in total. The molecule has 1 amide bonds. The molecule has 1 aromatic carbocycles. The van der Waals surface area contributed by atoms with E-state index >= 15 is 0 Å². The molecule has 3 aromatic rings. The lowest BCUT2D eigenvalue weighted by Gasteiger charge is -2.22. The molecular weight excluding hydrogens is 476 g/mol. The van der Waals surface area contributed by atoms with Crippen LogP contribution in [-0.4, -0.2) is 37.2 Å². The third-order valence-corrected chi connectivity index (χ3v) is 7.20. The molecule has 0 aliphatic carbocycles. The van der Waals surface area contributed by atoms with Crippen LogP contribution in [0.2, 0.25) is 0 Å². The Morgan fingerprint density at radius 2 is 2.00 bits per heavy atom. The molecule has 2 heterocycles. The number of halogens is 5. The van der Waals surface area contributed by atoms with Crippen LogP contribution in [0.15, 0.2) is 24.4 Å². The highest BCUT2D eigenvalue weighted by molar-refractivity contribution is 8.46. The lowest BCUT2D eigenvalue weighted by molar-refractivity contribution is -0.127. The van der Waals surface area contributed by atoms with Gasteiger partial charge in [0.15, 0.2) is 11.5 Å². The predicted octanol–water partition coefficient (Wildman–Crippen LogP) is 4.14. The van der Waals surface area contributed by atoms with E-state index in [0.717, 1.165) is 18.3 Å². The average molecular weight is 495 g/mol. The molecule has 7 nitrogen and oxygen atoms in total. The minimum absolute atomic E-state index is 0.00000171. The number of hydrogen-bond acceptors (Lipinski definition) is 4. The van der Waals surface area contributed by atoms with Gasteiger partial charge in [0, 0.05) is 11.1 Å². The quantitative estimate of drug-likeness (QED) is 0.225. The van der Waals surface area contributed by atoms with E-state index in [4.69, 9.17) is 0 Å². The molecule has 32 heavy (non-hydrogen) atoms. The lowest BCUT2D eigenvalue weighted by Crippen LogP contribution is -2.21. The summed E-state index contributed by atoms with van der Waals surface area (Å²) in [5, 5.41) is 8.14. The number of aromatic amines is 1. The van der Waals surface area contributed by atoms with Crippen molar-refractivity contribution in [3.63, 3.8) is 0 Å². The van der Waals surface area contributed by atoms with Crippen LogP contribution in [0.3, 0.4) is 0 Å². The predicted molar refractivity (Wildman–Crippen MR) is 116 cm³/mol. The molecular formula is C18H19F5N5O2PS. The van der Waals surface area contributed by atoms with Crippen molar-refractivity contribution in [1.29, 1.82) is 0 Å². The second-order valence-electron chi connectivity index (χ2n) is 6.95. The number of H-pyrrole nitrogens is 1. The van der Waals surface area contributed by atoms with Crippen molar-refractivity contribution in [2.75, 3.05) is 15.8 Å². The van der Waals surface area contributed by atoms with Crippen LogP contribution in [0.4, 0.5) is 33.3 Å². The Bertz CT molecular complexity index is 1220. The Kier molecular flexibility index (Phi) is 6.80. The first-order valence-corrected chi connectivity index (χ1v) is 12.8. The maximum absolute atomic E-state index is 14.9. The molecule has 0 saturated carbocycles. The zero-order chi connectivity index (χ0) is 23.7. The number of hydrogen-bond donors (Lipinski definition) is 4. The molecule has 1 atom stereocenters. The first kappa shape index (κ1) is 24.0. The Morgan fingerprint density at radius 3 is 2.66 bits per heavy atom. The first-order valence-electron chi connectivity index (χ1n) is 9.25. The largest absolute Gasteiger partial charge is 0.394 e. The van der Waals surface area contributed by atoms with Gasteiger partial charge in [0.2, 0.25) is 0 Å². The van der Waals surface area contributed by atoms with E-state index in [1.165, 1.54) is 6.07 Å². The summed E-state index contributed by atoms with van der Waals surface area (Å²) in [7, 11) is -0.951. The minimum atomic E-state index is -4.52. The SMILES string of the molecule is CCC[SH](=O)(P)Nc1ccc(F)c(C(=O)Nc2cnc3[nH]nc(CC(F)(F)F)c3c2)c1F. The summed E-state index contributed by atoms with van der Waals surface area (Å²) < 4.78 is 82.2. The lowest BCUT2D eigenvalue weighted by atomic mass is 10.1. The molecule has 0 aliphatic heterocycles. The highest BCUT2D eigenvalue weighted by atomic mass is 32.8. The third-order valence-electron chi connectivity index (χ3n) is 4.30. The monoisotopic (exact) mass is 495 g/mol. The van der Waals surface area contributed by atoms with Gasteiger partial charge < -0.3 is 10.0 Å². The summed E-state index contributed by atoms with van der Waals surface area (Å²) in [5.74, 6) is -3.39. The number of benzene rings is 1. The number of amides is 1. The van der Waals surface area contributed by atoms with Crippen LogP contribution in [0.1, 0.15) is 29.4 Å². The number of rotatable bonds is 7. The van der Waals surface area contributed by atoms with Crippen LogP contribution in [0, 0.1) is 11.6 Å². The van der Waals surface area contributed by atoms with Crippen LogP contribution in [-0.2, 0) is 16.2 Å². The van der Waals surface area contributed by atoms with E-state index in [1.54, 1.807) is 6.92 Å². The minimum Gasteiger partial charge on any atom is -0.322 e. The molecule has 0 bridgehead atoms. The second-order valence-corrected chi connectivity index (χ2v) is 11.7. The molecule has 3 rings (SSSR count). The number of anilines is 2. The van der Waals surface area contributed by atoms with Crippen molar-refractivity contribution in [2.45, 2.75) is 25.9 Å². The number of nitrogens with zero attached hydrogens (tertiary/aromatic N) is 2. The highest BCUT2D eigenvalue weighted by Gasteiger charge is 2.30. The molecule has 0 saturated heterocycles. The van der Waals surface area contributed by atoms with Gasteiger partial charge in [0.25, 0.3) is 5.91 Å². The topological polar surface area (TPSA) is 99.8 Å².